The fraction of sp³-hybridized carbons (Fsp3) is 0.333. The summed E-state index contributed by atoms with van der Waals surface area (Å²) in [6.45, 7) is -0.0166. The Morgan fingerprint density at radius 2 is 1.75 bits per heavy atom. The number of amides is 2. The van der Waals surface area contributed by atoms with Gasteiger partial charge in [0, 0.05) is 30.2 Å². The average molecular weight is 380 g/mol. The highest BCUT2D eigenvalue weighted by molar-refractivity contribution is 6.06. The van der Waals surface area contributed by atoms with E-state index in [9.17, 15) is 9.59 Å². The molecule has 5 rings (SSSR count). The molecule has 0 atom stereocenters. The second-order valence-corrected chi connectivity index (χ2v) is 7.34. The summed E-state index contributed by atoms with van der Waals surface area (Å²) >= 11 is 0. The number of ether oxygens (including phenoxy) is 3. The third-order valence-electron chi connectivity index (χ3n) is 5.28. The fourth-order valence-electron chi connectivity index (χ4n) is 3.89. The smallest absolute Gasteiger partial charge is 0.262 e. The summed E-state index contributed by atoms with van der Waals surface area (Å²) in [5.74, 6) is 0.864. The van der Waals surface area contributed by atoms with Gasteiger partial charge in [0.25, 0.3) is 17.6 Å². The highest BCUT2D eigenvalue weighted by Crippen LogP contribution is 2.46. The van der Waals surface area contributed by atoms with Crippen LogP contribution in [-0.4, -0.2) is 24.2 Å². The van der Waals surface area contributed by atoms with Gasteiger partial charge in [-0.2, -0.15) is 0 Å². The molecule has 2 amide bonds. The van der Waals surface area contributed by atoms with Gasteiger partial charge in [0.2, 0.25) is 0 Å². The molecule has 1 aliphatic carbocycles. The Morgan fingerprint density at radius 1 is 0.964 bits per heavy atom. The molecule has 0 bridgehead atoms. The number of hydrogen-bond donors (Lipinski definition) is 2. The van der Waals surface area contributed by atoms with E-state index in [-0.39, 0.29) is 18.4 Å². The Labute approximate surface area is 162 Å². The maximum absolute atomic E-state index is 12.6. The van der Waals surface area contributed by atoms with Crippen molar-refractivity contribution in [3.8, 4) is 17.2 Å². The molecule has 0 saturated heterocycles. The summed E-state index contributed by atoms with van der Waals surface area (Å²) in [5.41, 5.74) is 1.54. The number of nitrogens with one attached hydrogen (secondary N) is 2. The molecule has 1 spiro atoms. The molecule has 0 radical (unpaired) electrons. The minimum atomic E-state index is -0.542. The first-order chi connectivity index (χ1) is 13.6. The normalized spacial score (nSPS) is 18.8. The molecule has 0 aromatic heterocycles. The Balaban J connectivity index is 1.32. The second kappa shape index (κ2) is 6.44. The van der Waals surface area contributed by atoms with Crippen molar-refractivity contribution in [2.24, 2.45) is 0 Å². The number of carbonyl (C=O) groups excluding carboxylic acids is 2. The molecule has 144 valence electrons. The summed E-state index contributed by atoms with van der Waals surface area (Å²) in [6, 6.07) is 10.4. The Kier molecular flexibility index (Phi) is 3.89. The molecular formula is C21H20N2O5. The summed E-state index contributed by atoms with van der Waals surface area (Å²) < 4.78 is 17.5. The zero-order chi connectivity index (χ0) is 19.1. The predicted molar refractivity (Wildman–Crippen MR) is 102 cm³/mol. The van der Waals surface area contributed by atoms with Gasteiger partial charge >= 0.3 is 0 Å². The molecule has 3 aliphatic rings. The van der Waals surface area contributed by atoms with E-state index in [1.54, 1.807) is 30.3 Å². The number of benzene rings is 2. The van der Waals surface area contributed by atoms with Crippen molar-refractivity contribution in [2.45, 2.75) is 37.9 Å². The molecule has 2 aromatic carbocycles. The summed E-state index contributed by atoms with van der Waals surface area (Å²) in [5, 5.41) is 5.57. The zero-order valence-electron chi connectivity index (χ0n) is 15.2. The van der Waals surface area contributed by atoms with Crippen molar-refractivity contribution >= 4 is 23.2 Å². The Hall–Kier alpha value is -3.22. The van der Waals surface area contributed by atoms with Crippen molar-refractivity contribution < 1.29 is 23.8 Å². The SMILES string of the molecule is O=C1COc2ccc(C(=O)Nc3ccc4c(c3)OC3(CCCCC3)O4)cc2N1. The van der Waals surface area contributed by atoms with Crippen LogP contribution >= 0.6 is 0 Å². The first-order valence-corrected chi connectivity index (χ1v) is 9.50. The van der Waals surface area contributed by atoms with Gasteiger partial charge in [0.1, 0.15) is 5.75 Å². The molecule has 2 aliphatic heterocycles. The largest absolute Gasteiger partial charge is 0.482 e. The van der Waals surface area contributed by atoms with Crippen molar-refractivity contribution in [3.05, 3.63) is 42.0 Å². The van der Waals surface area contributed by atoms with Gasteiger partial charge in [-0.1, -0.05) is 6.42 Å². The van der Waals surface area contributed by atoms with E-state index in [1.807, 2.05) is 6.07 Å². The van der Waals surface area contributed by atoms with Gasteiger partial charge in [-0.15, -0.1) is 0 Å². The van der Waals surface area contributed by atoms with E-state index in [0.29, 0.717) is 34.2 Å². The van der Waals surface area contributed by atoms with E-state index in [1.165, 1.54) is 6.42 Å². The molecule has 28 heavy (non-hydrogen) atoms. The molecule has 7 nitrogen and oxygen atoms in total. The first kappa shape index (κ1) is 16.9. The van der Waals surface area contributed by atoms with Crippen LogP contribution in [0.3, 0.4) is 0 Å². The van der Waals surface area contributed by atoms with Crippen molar-refractivity contribution in [1.29, 1.82) is 0 Å². The molecule has 1 saturated carbocycles. The topological polar surface area (TPSA) is 85.9 Å². The highest BCUT2D eigenvalue weighted by Gasteiger charge is 2.42. The van der Waals surface area contributed by atoms with E-state index in [2.05, 4.69) is 10.6 Å². The Bertz CT molecular complexity index is 965. The van der Waals surface area contributed by atoms with E-state index >= 15 is 0 Å². The van der Waals surface area contributed by atoms with E-state index in [0.717, 1.165) is 25.7 Å². The lowest BCUT2D eigenvalue weighted by Gasteiger charge is -2.31. The maximum Gasteiger partial charge on any atom is 0.262 e. The second-order valence-electron chi connectivity index (χ2n) is 7.34. The van der Waals surface area contributed by atoms with Crippen molar-refractivity contribution in [1.82, 2.24) is 0 Å². The maximum atomic E-state index is 12.6. The molecule has 7 heteroatoms. The van der Waals surface area contributed by atoms with Crippen LogP contribution < -0.4 is 24.8 Å². The van der Waals surface area contributed by atoms with Gasteiger partial charge in [-0.25, -0.2) is 0 Å². The third-order valence-corrected chi connectivity index (χ3v) is 5.28. The number of fused-ring (bicyclic) bond motifs is 2. The third kappa shape index (κ3) is 3.02. The van der Waals surface area contributed by atoms with Gasteiger partial charge in [0.05, 0.1) is 5.69 Å². The van der Waals surface area contributed by atoms with Crippen LogP contribution in [0.5, 0.6) is 17.2 Å². The molecular weight excluding hydrogens is 360 g/mol. The minimum absolute atomic E-state index is 0.0166. The number of anilines is 2. The lowest BCUT2D eigenvalue weighted by Crippen LogP contribution is -2.40. The number of rotatable bonds is 2. The molecule has 2 N–H and O–H groups in total. The average Bonchev–Trinajstić information content (AvgIpc) is 3.04. The summed E-state index contributed by atoms with van der Waals surface area (Å²) in [4.78, 5) is 24.1. The molecule has 0 unspecified atom stereocenters. The summed E-state index contributed by atoms with van der Waals surface area (Å²) in [6.07, 6.45) is 5.16. The van der Waals surface area contributed by atoms with Gasteiger partial charge in [-0.3, -0.25) is 9.59 Å². The first-order valence-electron chi connectivity index (χ1n) is 9.50. The highest BCUT2D eigenvalue weighted by atomic mass is 16.7. The van der Waals surface area contributed by atoms with Crippen LogP contribution in [0.4, 0.5) is 11.4 Å². The predicted octanol–water partition coefficient (Wildman–Crippen LogP) is 3.70. The standard InChI is InChI=1S/C21H20N2O5/c24-19-12-26-16-6-4-13(10-15(16)23-19)20(25)22-14-5-7-17-18(11-14)28-21(27-17)8-2-1-3-9-21/h4-7,10-11H,1-3,8-9,12H2,(H,22,25)(H,23,24). The van der Waals surface area contributed by atoms with Crippen LogP contribution in [0.2, 0.25) is 0 Å². The minimum Gasteiger partial charge on any atom is -0.482 e. The van der Waals surface area contributed by atoms with Gasteiger partial charge in [-0.05, 0) is 43.2 Å². The quantitative estimate of drug-likeness (QED) is 0.830. The van der Waals surface area contributed by atoms with Gasteiger partial charge < -0.3 is 24.8 Å². The van der Waals surface area contributed by atoms with E-state index in [4.69, 9.17) is 14.2 Å². The van der Waals surface area contributed by atoms with Crippen LogP contribution in [-0.2, 0) is 4.79 Å². The van der Waals surface area contributed by atoms with Crippen molar-refractivity contribution in [2.75, 3.05) is 17.2 Å². The number of carbonyl (C=O) groups is 2. The van der Waals surface area contributed by atoms with Crippen molar-refractivity contribution in [3.63, 3.8) is 0 Å². The van der Waals surface area contributed by atoms with Crippen LogP contribution in [0.25, 0.3) is 0 Å². The summed E-state index contributed by atoms with van der Waals surface area (Å²) in [7, 11) is 0. The number of hydrogen-bond acceptors (Lipinski definition) is 5. The molecule has 1 fully saturated rings. The van der Waals surface area contributed by atoms with Crippen LogP contribution in [0, 0.1) is 0 Å². The lowest BCUT2D eigenvalue weighted by atomic mass is 9.94. The molecule has 2 aromatic rings. The monoisotopic (exact) mass is 380 g/mol. The van der Waals surface area contributed by atoms with Crippen LogP contribution in [0.1, 0.15) is 42.5 Å². The Morgan fingerprint density at radius 3 is 2.61 bits per heavy atom. The van der Waals surface area contributed by atoms with E-state index < -0.39 is 5.79 Å². The molecule has 2 heterocycles. The fourth-order valence-corrected chi connectivity index (χ4v) is 3.89. The van der Waals surface area contributed by atoms with Crippen LogP contribution in [0.15, 0.2) is 36.4 Å². The van der Waals surface area contributed by atoms with Gasteiger partial charge in [0.15, 0.2) is 18.1 Å². The zero-order valence-corrected chi connectivity index (χ0v) is 15.2. The lowest BCUT2D eigenvalue weighted by molar-refractivity contribution is -0.118.